The third-order valence-corrected chi connectivity index (χ3v) is 3.25. The first kappa shape index (κ1) is 11.4. The molecule has 1 aromatic rings. The van der Waals surface area contributed by atoms with Crippen molar-refractivity contribution in [2.24, 2.45) is 0 Å². The van der Waals surface area contributed by atoms with Crippen molar-refractivity contribution >= 4 is 5.82 Å². The zero-order chi connectivity index (χ0) is 11.4. The Hall–Kier alpha value is -1.10. The number of nitrogens with two attached hydrogens (primary N) is 1. The molecule has 2 heterocycles. The standard InChI is InChI=1S/C11H21N5/c1-2-10-11(12)13-14-16(10)9-5-8-15-6-3-4-7-15/h2-9,12H2,1H3. The van der Waals surface area contributed by atoms with Crippen molar-refractivity contribution in [2.75, 3.05) is 25.4 Å². The highest BCUT2D eigenvalue weighted by molar-refractivity contribution is 5.32. The van der Waals surface area contributed by atoms with E-state index in [1.165, 1.54) is 32.5 Å². The van der Waals surface area contributed by atoms with Crippen molar-refractivity contribution in [3.05, 3.63) is 5.69 Å². The lowest BCUT2D eigenvalue weighted by Gasteiger charge is -2.14. The molecule has 0 spiro atoms. The lowest BCUT2D eigenvalue weighted by atomic mass is 10.3. The molecule has 0 radical (unpaired) electrons. The van der Waals surface area contributed by atoms with Gasteiger partial charge in [0.25, 0.3) is 0 Å². The summed E-state index contributed by atoms with van der Waals surface area (Å²) in [4.78, 5) is 2.52. The van der Waals surface area contributed by atoms with Gasteiger partial charge in [0, 0.05) is 6.54 Å². The topological polar surface area (TPSA) is 60.0 Å². The van der Waals surface area contributed by atoms with Crippen LogP contribution in [-0.2, 0) is 13.0 Å². The van der Waals surface area contributed by atoms with Crippen LogP contribution < -0.4 is 5.73 Å². The zero-order valence-corrected chi connectivity index (χ0v) is 10.0. The molecule has 2 N–H and O–H groups in total. The summed E-state index contributed by atoms with van der Waals surface area (Å²) in [6, 6.07) is 0. The van der Waals surface area contributed by atoms with Gasteiger partial charge < -0.3 is 10.6 Å². The molecule has 5 nitrogen and oxygen atoms in total. The molecule has 1 aliphatic rings. The molecular weight excluding hydrogens is 202 g/mol. The SMILES string of the molecule is CCc1c(N)nnn1CCCN1CCCC1. The van der Waals surface area contributed by atoms with Gasteiger partial charge in [-0.05, 0) is 45.3 Å². The molecule has 0 atom stereocenters. The molecule has 0 bridgehead atoms. The average Bonchev–Trinajstić information content (AvgIpc) is 2.89. The maximum Gasteiger partial charge on any atom is 0.169 e. The molecule has 0 saturated carbocycles. The van der Waals surface area contributed by atoms with Crippen LogP contribution >= 0.6 is 0 Å². The predicted octanol–water partition coefficient (Wildman–Crippen LogP) is 0.909. The van der Waals surface area contributed by atoms with Crippen molar-refractivity contribution in [2.45, 2.75) is 39.2 Å². The second kappa shape index (κ2) is 5.30. The van der Waals surface area contributed by atoms with E-state index in [0.717, 1.165) is 25.1 Å². The minimum atomic E-state index is 0.587. The maximum atomic E-state index is 5.74. The van der Waals surface area contributed by atoms with Crippen LogP contribution in [0.3, 0.4) is 0 Å². The number of hydrogen-bond donors (Lipinski definition) is 1. The number of nitrogens with zero attached hydrogens (tertiary/aromatic N) is 4. The lowest BCUT2D eigenvalue weighted by molar-refractivity contribution is 0.320. The number of aromatic nitrogens is 3. The Kier molecular flexibility index (Phi) is 3.77. The van der Waals surface area contributed by atoms with Gasteiger partial charge in [-0.3, -0.25) is 0 Å². The Bertz CT molecular complexity index is 327. The van der Waals surface area contributed by atoms with Crippen LogP contribution in [0.1, 0.15) is 31.9 Å². The van der Waals surface area contributed by atoms with Gasteiger partial charge in [0.15, 0.2) is 5.82 Å². The number of anilines is 1. The van der Waals surface area contributed by atoms with Crippen molar-refractivity contribution in [3.8, 4) is 0 Å². The summed E-state index contributed by atoms with van der Waals surface area (Å²) < 4.78 is 1.95. The van der Waals surface area contributed by atoms with Crippen molar-refractivity contribution in [1.82, 2.24) is 19.9 Å². The first-order valence-corrected chi connectivity index (χ1v) is 6.21. The van der Waals surface area contributed by atoms with E-state index in [2.05, 4.69) is 22.1 Å². The molecule has 1 aliphatic heterocycles. The molecule has 0 unspecified atom stereocenters. The zero-order valence-electron chi connectivity index (χ0n) is 10.0. The fraction of sp³-hybridized carbons (Fsp3) is 0.818. The minimum Gasteiger partial charge on any atom is -0.381 e. The van der Waals surface area contributed by atoms with Gasteiger partial charge in [-0.2, -0.15) is 0 Å². The maximum absolute atomic E-state index is 5.74. The molecule has 90 valence electrons. The van der Waals surface area contributed by atoms with Crippen molar-refractivity contribution < 1.29 is 0 Å². The quantitative estimate of drug-likeness (QED) is 0.806. The lowest BCUT2D eigenvalue weighted by Crippen LogP contribution is -2.22. The van der Waals surface area contributed by atoms with Crippen LogP contribution in [0.15, 0.2) is 0 Å². The second-order valence-electron chi connectivity index (χ2n) is 4.40. The Morgan fingerprint density at radius 2 is 2.00 bits per heavy atom. The number of aryl methyl sites for hydroxylation is 1. The van der Waals surface area contributed by atoms with Gasteiger partial charge in [0.05, 0.1) is 5.69 Å². The van der Waals surface area contributed by atoms with Crippen LogP contribution in [0.2, 0.25) is 0 Å². The summed E-state index contributed by atoms with van der Waals surface area (Å²) in [5.74, 6) is 0.587. The summed E-state index contributed by atoms with van der Waals surface area (Å²) >= 11 is 0. The van der Waals surface area contributed by atoms with Crippen molar-refractivity contribution in [3.63, 3.8) is 0 Å². The van der Waals surface area contributed by atoms with Gasteiger partial charge in [0.2, 0.25) is 0 Å². The number of nitrogen functional groups attached to an aromatic ring is 1. The molecular formula is C11H21N5. The van der Waals surface area contributed by atoms with E-state index in [1.54, 1.807) is 0 Å². The first-order chi connectivity index (χ1) is 7.81. The van der Waals surface area contributed by atoms with Gasteiger partial charge >= 0.3 is 0 Å². The molecule has 1 saturated heterocycles. The van der Waals surface area contributed by atoms with E-state index in [4.69, 9.17) is 5.73 Å². The summed E-state index contributed by atoms with van der Waals surface area (Å²) in [7, 11) is 0. The van der Waals surface area contributed by atoms with E-state index in [9.17, 15) is 0 Å². The van der Waals surface area contributed by atoms with Crippen LogP contribution in [0, 0.1) is 0 Å². The van der Waals surface area contributed by atoms with Gasteiger partial charge in [-0.25, -0.2) is 4.68 Å². The molecule has 0 amide bonds. The summed E-state index contributed by atoms with van der Waals surface area (Å²) in [6.07, 6.45) is 4.76. The Labute approximate surface area is 96.6 Å². The van der Waals surface area contributed by atoms with Crippen LogP contribution in [0.25, 0.3) is 0 Å². The summed E-state index contributed by atoms with van der Waals surface area (Å²) in [5, 5.41) is 7.99. The second-order valence-corrected chi connectivity index (χ2v) is 4.40. The van der Waals surface area contributed by atoms with Crippen LogP contribution in [-0.4, -0.2) is 39.5 Å². The van der Waals surface area contributed by atoms with Crippen molar-refractivity contribution in [1.29, 1.82) is 0 Å². The predicted molar refractivity (Wildman–Crippen MR) is 64.1 cm³/mol. The van der Waals surface area contributed by atoms with Crippen LogP contribution in [0.4, 0.5) is 5.82 Å². The average molecular weight is 223 g/mol. The smallest absolute Gasteiger partial charge is 0.169 e. The molecule has 0 aromatic carbocycles. The third-order valence-electron chi connectivity index (χ3n) is 3.25. The first-order valence-electron chi connectivity index (χ1n) is 6.21. The molecule has 16 heavy (non-hydrogen) atoms. The van der Waals surface area contributed by atoms with E-state index < -0.39 is 0 Å². The number of rotatable bonds is 5. The van der Waals surface area contributed by atoms with Gasteiger partial charge in [-0.15, -0.1) is 5.10 Å². The summed E-state index contributed by atoms with van der Waals surface area (Å²) in [6.45, 7) is 6.72. The largest absolute Gasteiger partial charge is 0.381 e. The highest BCUT2D eigenvalue weighted by Crippen LogP contribution is 2.10. The normalized spacial score (nSPS) is 17.1. The molecule has 0 aliphatic carbocycles. The summed E-state index contributed by atoms with van der Waals surface area (Å²) in [5.41, 5.74) is 6.81. The van der Waals surface area contributed by atoms with E-state index in [1.807, 2.05) is 4.68 Å². The highest BCUT2D eigenvalue weighted by atomic mass is 15.4. The van der Waals surface area contributed by atoms with E-state index in [-0.39, 0.29) is 0 Å². The molecule has 2 rings (SSSR count). The van der Waals surface area contributed by atoms with Gasteiger partial charge in [-0.1, -0.05) is 12.1 Å². The Morgan fingerprint density at radius 1 is 1.25 bits per heavy atom. The monoisotopic (exact) mass is 223 g/mol. The number of likely N-dealkylation sites (tertiary alicyclic amines) is 1. The molecule has 1 fully saturated rings. The fourth-order valence-electron chi connectivity index (χ4n) is 2.34. The minimum absolute atomic E-state index is 0.587. The van der Waals surface area contributed by atoms with E-state index in [0.29, 0.717) is 5.82 Å². The van der Waals surface area contributed by atoms with E-state index >= 15 is 0 Å². The van der Waals surface area contributed by atoms with Crippen LogP contribution in [0.5, 0.6) is 0 Å². The Morgan fingerprint density at radius 3 is 2.69 bits per heavy atom. The molecule has 1 aromatic heterocycles. The molecule has 5 heteroatoms. The highest BCUT2D eigenvalue weighted by Gasteiger charge is 2.12. The van der Waals surface area contributed by atoms with Gasteiger partial charge in [0.1, 0.15) is 0 Å². The third kappa shape index (κ3) is 2.52. The Balaban J connectivity index is 1.79. The fourth-order valence-corrected chi connectivity index (χ4v) is 2.34. The number of hydrogen-bond acceptors (Lipinski definition) is 4.